The lowest BCUT2D eigenvalue weighted by molar-refractivity contribution is -0.199. The molecule has 0 aliphatic rings. The molecular weight excluding hydrogens is 341 g/mol. The van der Waals surface area contributed by atoms with Crippen LogP contribution in [0.15, 0.2) is 30.9 Å². The van der Waals surface area contributed by atoms with Gasteiger partial charge in [-0.25, -0.2) is 9.67 Å². The van der Waals surface area contributed by atoms with Crippen molar-refractivity contribution in [2.45, 2.75) is 18.1 Å². The molecule has 0 aliphatic heterocycles. The largest absolute Gasteiger partial charge is 0.377 e. The van der Waals surface area contributed by atoms with Crippen LogP contribution in [0.3, 0.4) is 0 Å². The number of primary amides is 1. The Kier molecular flexibility index (Phi) is 4.37. The lowest BCUT2D eigenvalue weighted by Gasteiger charge is -2.34. The third-order valence-electron chi connectivity index (χ3n) is 3.06. The Morgan fingerprint density at radius 1 is 1.41 bits per heavy atom. The zero-order valence-electron chi connectivity index (χ0n) is 10.9. The Balaban J connectivity index is 2.61. The number of aliphatic hydroxyl groups is 1. The summed E-state index contributed by atoms with van der Waals surface area (Å²) in [6.45, 7) is -0.787. The summed E-state index contributed by atoms with van der Waals surface area (Å²) in [5.41, 5.74) is 1.31. The number of carbonyl (C=O) groups excluding carboxylic acids is 1. The van der Waals surface area contributed by atoms with Gasteiger partial charge in [0.15, 0.2) is 5.60 Å². The molecule has 1 heterocycles. The number of carbonyl (C=O) groups is 1. The van der Waals surface area contributed by atoms with Crippen molar-refractivity contribution in [1.29, 1.82) is 0 Å². The molecule has 0 fully saturated rings. The van der Waals surface area contributed by atoms with Gasteiger partial charge in [-0.05, 0) is 12.1 Å². The van der Waals surface area contributed by atoms with E-state index < -0.39 is 29.5 Å². The molecule has 0 spiro atoms. The Morgan fingerprint density at radius 3 is 2.59 bits per heavy atom. The maximum Gasteiger partial charge on any atom is 0.358 e. The summed E-state index contributed by atoms with van der Waals surface area (Å²) in [5.74, 6) is -6.31. The molecule has 1 aromatic heterocycles. The number of halogens is 4. The summed E-state index contributed by atoms with van der Waals surface area (Å²) in [4.78, 5) is 14.7. The van der Waals surface area contributed by atoms with Crippen molar-refractivity contribution in [2.24, 2.45) is 5.73 Å². The van der Waals surface area contributed by atoms with Crippen molar-refractivity contribution < 1.29 is 18.7 Å². The number of alkyl halides is 2. The van der Waals surface area contributed by atoms with E-state index in [2.05, 4.69) is 10.1 Å². The number of amides is 1. The Bertz CT molecular complexity index is 696. The lowest BCUT2D eigenvalue weighted by atomic mass is 9.86. The summed E-state index contributed by atoms with van der Waals surface area (Å²) in [6, 6.07) is 3.52. The maximum atomic E-state index is 14.3. The van der Waals surface area contributed by atoms with Gasteiger partial charge in [-0.15, -0.1) is 0 Å². The van der Waals surface area contributed by atoms with Crippen LogP contribution in [0.5, 0.6) is 0 Å². The van der Waals surface area contributed by atoms with E-state index in [1.165, 1.54) is 12.1 Å². The van der Waals surface area contributed by atoms with Crippen molar-refractivity contribution >= 4 is 29.1 Å². The predicted molar refractivity (Wildman–Crippen MR) is 74.5 cm³/mol. The minimum atomic E-state index is -4.31. The third kappa shape index (κ3) is 2.77. The van der Waals surface area contributed by atoms with Crippen molar-refractivity contribution in [3.63, 3.8) is 0 Å². The first kappa shape index (κ1) is 16.6. The molecule has 0 saturated heterocycles. The van der Waals surface area contributed by atoms with Gasteiger partial charge in [-0.1, -0.05) is 29.3 Å². The van der Waals surface area contributed by atoms with Crippen LogP contribution in [0.25, 0.3) is 0 Å². The second kappa shape index (κ2) is 5.79. The smallest absolute Gasteiger partial charge is 0.358 e. The molecule has 1 amide bonds. The number of nitrogens with zero attached hydrogens (tertiary/aromatic N) is 3. The zero-order chi connectivity index (χ0) is 16.5. The summed E-state index contributed by atoms with van der Waals surface area (Å²) in [6.07, 6.45) is 2.19. The van der Waals surface area contributed by atoms with Crippen LogP contribution in [0, 0.1) is 0 Å². The van der Waals surface area contributed by atoms with Crippen molar-refractivity contribution in [1.82, 2.24) is 14.8 Å². The van der Waals surface area contributed by atoms with Crippen LogP contribution in [-0.4, -0.2) is 31.7 Å². The van der Waals surface area contributed by atoms with E-state index in [0.29, 0.717) is 0 Å². The van der Waals surface area contributed by atoms with Crippen LogP contribution >= 0.6 is 23.2 Å². The Hall–Kier alpha value is -1.77. The van der Waals surface area contributed by atoms with Crippen molar-refractivity contribution in [2.75, 3.05) is 0 Å². The summed E-state index contributed by atoms with van der Waals surface area (Å²) >= 11 is 11.6. The first-order valence-electron chi connectivity index (χ1n) is 5.86. The standard InChI is InChI=1S/C12H10Cl2F2N4O2/c13-7-1-2-8(9(14)3-7)11(22,12(15,16)10(17)21)4-20-6-18-5-19-20/h1-3,5-6,22H,4H2,(H2,17,21). The minimum absolute atomic E-state index is 0.180. The zero-order valence-corrected chi connectivity index (χ0v) is 12.4. The molecule has 10 heteroatoms. The van der Waals surface area contributed by atoms with E-state index in [1.807, 2.05) is 0 Å². The highest BCUT2D eigenvalue weighted by Crippen LogP contribution is 2.42. The highest BCUT2D eigenvalue weighted by atomic mass is 35.5. The van der Waals surface area contributed by atoms with Crippen LogP contribution in [0.1, 0.15) is 5.56 Å². The van der Waals surface area contributed by atoms with E-state index in [-0.39, 0.29) is 10.0 Å². The Morgan fingerprint density at radius 2 is 2.09 bits per heavy atom. The van der Waals surface area contributed by atoms with Crippen LogP contribution in [0.4, 0.5) is 8.78 Å². The van der Waals surface area contributed by atoms with Gasteiger partial charge in [0, 0.05) is 15.6 Å². The quantitative estimate of drug-likeness (QED) is 0.856. The summed E-state index contributed by atoms with van der Waals surface area (Å²) in [5, 5.41) is 14.1. The van der Waals surface area contributed by atoms with Gasteiger partial charge >= 0.3 is 5.92 Å². The first-order valence-corrected chi connectivity index (χ1v) is 6.62. The predicted octanol–water partition coefficient (Wildman–Crippen LogP) is 1.59. The molecule has 22 heavy (non-hydrogen) atoms. The number of hydrogen-bond donors (Lipinski definition) is 2. The molecule has 1 unspecified atom stereocenters. The second-order valence-corrected chi connectivity index (χ2v) is 5.36. The second-order valence-electron chi connectivity index (χ2n) is 4.52. The summed E-state index contributed by atoms with van der Waals surface area (Å²) in [7, 11) is 0. The highest BCUT2D eigenvalue weighted by molar-refractivity contribution is 6.35. The van der Waals surface area contributed by atoms with Gasteiger partial charge < -0.3 is 10.8 Å². The first-order chi connectivity index (χ1) is 10.2. The van der Waals surface area contributed by atoms with E-state index in [9.17, 15) is 18.7 Å². The molecule has 3 N–H and O–H groups in total. The molecule has 0 bridgehead atoms. The minimum Gasteiger partial charge on any atom is -0.377 e. The summed E-state index contributed by atoms with van der Waals surface area (Å²) < 4.78 is 29.5. The fourth-order valence-corrected chi connectivity index (χ4v) is 2.50. The van der Waals surface area contributed by atoms with E-state index in [4.69, 9.17) is 28.9 Å². The average molecular weight is 351 g/mol. The van der Waals surface area contributed by atoms with E-state index >= 15 is 0 Å². The molecule has 6 nitrogen and oxygen atoms in total. The van der Waals surface area contributed by atoms with Crippen molar-refractivity contribution in [3.8, 4) is 0 Å². The normalized spacial score (nSPS) is 14.6. The molecule has 118 valence electrons. The maximum absolute atomic E-state index is 14.3. The monoisotopic (exact) mass is 350 g/mol. The highest BCUT2D eigenvalue weighted by Gasteiger charge is 2.59. The molecule has 0 saturated carbocycles. The van der Waals surface area contributed by atoms with Crippen LogP contribution in [0.2, 0.25) is 10.0 Å². The third-order valence-corrected chi connectivity index (χ3v) is 3.61. The van der Waals surface area contributed by atoms with Crippen LogP contribution < -0.4 is 5.73 Å². The molecule has 2 aromatic rings. The topological polar surface area (TPSA) is 94.0 Å². The molecule has 0 radical (unpaired) electrons. The molecule has 1 aromatic carbocycles. The van der Waals surface area contributed by atoms with Crippen molar-refractivity contribution in [3.05, 3.63) is 46.5 Å². The number of nitrogens with two attached hydrogens (primary N) is 1. The van der Waals surface area contributed by atoms with Gasteiger partial charge in [0.1, 0.15) is 12.7 Å². The number of aromatic nitrogens is 3. The number of hydrogen-bond acceptors (Lipinski definition) is 4. The van der Waals surface area contributed by atoms with Gasteiger partial charge in [0.2, 0.25) is 0 Å². The van der Waals surface area contributed by atoms with E-state index in [1.54, 1.807) is 0 Å². The van der Waals surface area contributed by atoms with E-state index in [0.717, 1.165) is 23.4 Å². The Labute approximate surface area is 133 Å². The molecule has 2 rings (SSSR count). The molecule has 0 aliphatic carbocycles. The average Bonchev–Trinajstić information content (AvgIpc) is 2.90. The SMILES string of the molecule is NC(=O)C(F)(F)C(O)(Cn1cncn1)c1ccc(Cl)cc1Cl. The molecular formula is C12H10Cl2F2N4O2. The van der Waals surface area contributed by atoms with Gasteiger partial charge in [-0.2, -0.15) is 13.9 Å². The fourth-order valence-electron chi connectivity index (χ4n) is 1.93. The van der Waals surface area contributed by atoms with Crippen LogP contribution in [-0.2, 0) is 16.9 Å². The fraction of sp³-hybridized carbons (Fsp3) is 0.250. The number of rotatable bonds is 5. The van der Waals surface area contributed by atoms with Gasteiger partial charge in [0.25, 0.3) is 5.91 Å². The molecule has 1 atom stereocenters. The number of benzene rings is 1. The lowest BCUT2D eigenvalue weighted by Crippen LogP contribution is -2.56. The van der Waals surface area contributed by atoms with Gasteiger partial charge in [-0.3, -0.25) is 4.79 Å². The van der Waals surface area contributed by atoms with Gasteiger partial charge in [0.05, 0.1) is 6.54 Å².